The predicted octanol–water partition coefficient (Wildman–Crippen LogP) is 3.89. The number of aryl methyl sites for hydroxylation is 1. The number of thiophene rings is 1. The molecule has 4 rings (SSSR count). The van der Waals surface area contributed by atoms with E-state index in [0.717, 1.165) is 39.0 Å². The van der Waals surface area contributed by atoms with Gasteiger partial charge in [0.25, 0.3) is 0 Å². The standard InChI is InChI=1S/C21H26N2OS/c1-16-8-9-18(25-16)14-23-12-10-21(11-13-23)19(15-22(2)20(21)24)17-6-4-3-5-7-17/h3-9,19H,10-15H2,1-2H3. The first-order valence-electron chi connectivity index (χ1n) is 9.17. The van der Waals surface area contributed by atoms with E-state index < -0.39 is 0 Å². The minimum Gasteiger partial charge on any atom is -0.345 e. The normalized spacial score (nSPS) is 23.5. The summed E-state index contributed by atoms with van der Waals surface area (Å²) in [4.78, 5) is 20.3. The van der Waals surface area contributed by atoms with Crippen molar-refractivity contribution in [2.24, 2.45) is 5.41 Å². The molecule has 2 saturated heterocycles. The van der Waals surface area contributed by atoms with Crippen LogP contribution in [0.3, 0.4) is 0 Å². The molecular formula is C21H26N2OS. The average molecular weight is 355 g/mol. The van der Waals surface area contributed by atoms with Gasteiger partial charge in [-0.3, -0.25) is 9.69 Å². The summed E-state index contributed by atoms with van der Waals surface area (Å²) in [5.41, 5.74) is 1.13. The summed E-state index contributed by atoms with van der Waals surface area (Å²) in [6, 6.07) is 15.1. The Balaban J connectivity index is 1.51. The van der Waals surface area contributed by atoms with Gasteiger partial charge in [-0.15, -0.1) is 11.3 Å². The summed E-state index contributed by atoms with van der Waals surface area (Å²) < 4.78 is 0. The largest absolute Gasteiger partial charge is 0.345 e. The van der Waals surface area contributed by atoms with E-state index in [2.05, 4.69) is 54.3 Å². The smallest absolute Gasteiger partial charge is 0.229 e. The fourth-order valence-corrected chi connectivity index (χ4v) is 5.57. The molecule has 3 nitrogen and oxygen atoms in total. The van der Waals surface area contributed by atoms with Gasteiger partial charge in [-0.05, 0) is 50.6 Å². The first-order valence-corrected chi connectivity index (χ1v) is 9.98. The van der Waals surface area contributed by atoms with Gasteiger partial charge in [0.05, 0.1) is 5.41 Å². The van der Waals surface area contributed by atoms with Crippen molar-refractivity contribution in [1.82, 2.24) is 9.80 Å². The van der Waals surface area contributed by atoms with Crippen LogP contribution in [0.25, 0.3) is 0 Å². The molecule has 2 fully saturated rings. The van der Waals surface area contributed by atoms with E-state index in [0.29, 0.717) is 11.8 Å². The molecule has 2 aliphatic rings. The molecule has 1 atom stereocenters. The number of carbonyl (C=O) groups is 1. The number of hydrogen-bond donors (Lipinski definition) is 0. The van der Waals surface area contributed by atoms with Crippen LogP contribution in [-0.4, -0.2) is 42.4 Å². The minimum atomic E-state index is -0.196. The SMILES string of the molecule is Cc1ccc(CN2CCC3(CC2)C(=O)N(C)CC3c2ccccc2)s1. The molecule has 0 saturated carbocycles. The monoisotopic (exact) mass is 354 g/mol. The maximum atomic E-state index is 13.0. The van der Waals surface area contributed by atoms with Gasteiger partial charge in [0, 0.05) is 35.8 Å². The van der Waals surface area contributed by atoms with Crippen LogP contribution in [0.15, 0.2) is 42.5 Å². The Morgan fingerprint density at radius 2 is 1.84 bits per heavy atom. The second-order valence-electron chi connectivity index (χ2n) is 7.59. The molecule has 25 heavy (non-hydrogen) atoms. The first kappa shape index (κ1) is 16.8. The Kier molecular flexibility index (Phi) is 4.42. The van der Waals surface area contributed by atoms with Crippen molar-refractivity contribution in [2.75, 3.05) is 26.7 Å². The topological polar surface area (TPSA) is 23.6 Å². The lowest BCUT2D eigenvalue weighted by Crippen LogP contribution is -2.45. The van der Waals surface area contributed by atoms with E-state index in [1.165, 1.54) is 15.3 Å². The second kappa shape index (κ2) is 6.58. The van der Waals surface area contributed by atoms with Crippen LogP contribution in [0.2, 0.25) is 0 Å². The molecule has 4 heteroatoms. The highest BCUT2D eigenvalue weighted by Crippen LogP contribution is 2.50. The molecule has 132 valence electrons. The number of benzene rings is 1. The van der Waals surface area contributed by atoms with Crippen molar-refractivity contribution in [3.8, 4) is 0 Å². The summed E-state index contributed by atoms with van der Waals surface area (Å²) >= 11 is 1.89. The zero-order valence-electron chi connectivity index (χ0n) is 15.1. The van der Waals surface area contributed by atoms with E-state index in [-0.39, 0.29) is 5.41 Å². The number of rotatable bonds is 3. The minimum absolute atomic E-state index is 0.196. The number of piperidine rings is 1. The summed E-state index contributed by atoms with van der Waals surface area (Å²) in [6.45, 7) is 6.07. The Labute approximate surface area is 154 Å². The quantitative estimate of drug-likeness (QED) is 0.835. The van der Waals surface area contributed by atoms with Gasteiger partial charge in [0.1, 0.15) is 0 Å². The van der Waals surface area contributed by atoms with Crippen LogP contribution in [0.5, 0.6) is 0 Å². The average Bonchev–Trinajstić information content (AvgIpc) is 3.14. The highest BCUT2D eigenvalue weighted by atomic mass is 32.1. The van der Waals surface area contributed by atoms with Crippen molar-refractivity contribution >= 4 is 17.2 Å². The first-order chi connectivity index (χ1) is 12.1. The maximum Gasteiger partial charge on any atom is 0.229 e. The van der Waals surface area contributed by atoms with E-state index in [1.54, 1.807) is 0 Å². The summed E-state index contributed by atoms with van der Waals surface area (Å²) in [6.07, 6.45) is 1.94. The molecule has 0 bridgehead atoms. The number of hydrogen-bond acceptors (Lipinski definition) is 3. The third-order valence-corrected chi connectivity index (χ3v) is 7.01. The molecule has 1 amide bonds. The number of nitrogens with zero attached hydrogens (tertiary/aromatic N) is 2. The van der Waals surface area contributed by atoms with Crippen LogP contribution in [0, 0.1) is 12.3 Å². The van der Waals surface area contributed by atoms with Crippen LogP contribution >= 0.6 is 11.3 Å². The summed E-state index contributed by atoms with van der Waals surface area (Å²) in [5.74, 6) is 0.685. The van der Waals surface area contributed by atoms with Gasteiger partial charge >= 0.3 is 0 Å². The fourth-order valence-electron chi connectivity index (χ4n) is 4.63. The van der Waals surface area contributed by atoms with Crippen molar-refractivity contribution in [1.29, 1.82) is 0 Å². The van der Waals surface area contributed by atoms with E-state index in [1.807, 2.05) is 23.3 Å². The molecular weight excluding hydrogens is 328 g/mol. The molecule has 2 aliphatic heterocycles. The number of likely N-dealkylation sites (tertiary alicyclic amines) is 2. The van der Waals surface area contributed by atoms with Gasteiger partial charge in [-0.2, -0.15) is 0 Å². The Morgan fingerprint density at radius 1 is 1.12 bits per heavy atom. The fraction of sp³-hybridized carbons (Fsp3) is 0.476. The van der Waals surface area contributed by atoms with Crippen molar-refractivity contribution in [2.45, 2.75) is 32.2 Å². The molecule has 1 unspecified atom stereocenters. The highest BCUT2D eigenvalue weighted by Gasteiger charge is 2.54. The molecule has 1 spiro atoms. The van der Waals surface area contributed by atoms with Gasteiger partial charge in [0.2, 0.25) is 5.91 Å². The Bertz CT molecular complexity index is 746. The zero-order chi connectivity index (χ0) is 17.4. The Hall–Kier alpha value is -1.65. The van der Waals surface area contributed by atoms with Gasteiger partial charge in [0.15, 0.2) is 0 Å². The molecule has 1 aromatic heterocycles. The van der Waals surface area contributed by atoms with Gasteiger partial charge < -0.3 is 4.90 Å². The molecule has 3 heterocycles. The van der Waals surface area contributed by atoms with Crippen LogP contribution in [0.1, 0.15) is 34.1 Å². The predicted molar refractivity (Wildman–Crippen MR) is 103 cm³/mol. The second-order valence-corrected chi connectivity index (χ2v) is 8.97. The number of amides is 1. The molecule has 0 aliphatic carbocycles. The van der Waals surface area contributed by atoms with E-state index >= 15 is 0 Å². The lowest BCUT2D eigenvalue weighted by atomic mass is 9.68. The van der Waals surface area contributed by atoms with Crippen LogP contribution < -0.4 is 0 Å². The van der Waals surface area contributed by atoms with Gasteiger partial charge in [-0.1, -0.05) is 30.3 Å². The van der Waals surface area contributed by atoms with Crippen molar-refractivity contribution in [3.63, 3.8) is 0 Å². The van der Waals surface area contributed by atoms with E-state index in [4.69, 9.17) is 0 Å². The highest BCUT2D eigenvalue weighted by molar-refractivity contribution is 7.11. The van der Waals surface area contributed by atoms with Gasteiger partial charge in [-0.25, -0.2) is 0 Å². The molecule has 1 aromatic carbocycles. The molecule has 0 radical (unpaired) electrons. The Morgan fingerprint density at radius 3 is 2.48 bits per heavy atom. The van der Waals surface area contributed by atoms with E-state index in [9.17, 15) is 4.79 Å². The van der Waals surface area contributed by atoms with Crippen LogP contribution in [-0.2, 0) is 11.3 Å². The van der Waals surface area contributed by atoms with Crippen molar-refractivity contribution < 1.29 is 4.79 Å². The molecule has 2 aromatic rings. The summed E-state index contributed by atoms with van der Waals surface area (Å²) in [7, 11) is 1.97. The van der Waals surface area contributed by atoms with Crippen LogP contribution in [0.4, 0.5) is 0 Å². The zero-order valence-corrected chi connectivity index (χ0v) is 15.9. The third-order valence-electron chi connectivity index (χ3n) is 6.02. The number of carbonyl (C=O) groups excluding carboxylic acids is 1. The number of likely N-dealkylation sites (N-methyl/N-ethyl adjacent to an activating group) is 1. The lowest BCUT2D eigenvalue weighted by molar-refractivity contribution is -0.137. The lowest BCUT2D eigenvalue weighted by Gasteiger charge is -2.41. The maximum absolute atomic E-state index is 13.0. The summed E-state index contributed by atoms with van der Waals surface area (Å²) in [5, 5.41) is 0. The van der Waals surface area contributed by atoms with Crippen molar-refractivity contribution in [3.05, 3.63) is 57.8 Å². The molecule has 0 N–H and O–H groups in total. The third kappa shape index (κ3) is 3.02.